The zero-order chi connectivity index (χ0) is 11.5. The zero-order valence-electron chi connectivity index (χ0n) is 10.2. The van der Waals surface area contributed by atoms with E-state index in [1.165, 1.54) is 24.9 Å². The molecule has 16 heavy (non-hydrogen) atoms. The average Bonchev–Trinajstić information content (AvgIpc) is 2.23. The Labute approximate surface area is 97.7 Å². The summed E-state index contributed by atoms with van der Waals surface area (Å²) in [6, 6.07) is 2.14. The Balaban J connectivity index is 2.13. The van der Waals surface area contributed by atoms with Gasteiger partial charge in [0.25, 0.3) is 0 Å². The predicted octanol–water partition coefficient (Wildman–Crippen LogP) is 2.09. The van der Waals surface area contributed by atoms with E-state index in [1.54, 1.807) is 0 Å². The van der Waals surface area contributed by atoms with Crippen molar-refractivity contribution < 1.29 is 0 Å². The lowest BCUT2D eigenvalue weighted by molar-refractivity contribution is 0.321. The van der Waals surface area contributed by atoms with Gasteiger partial charge in [0.05, 0.1) is 0 Å². The molecule has 0 aromatic carbocycles. The third-order valence-electron chi connectivity index (χ3n) is 3.49. The van der Waals surface area contributed by atoms with Crippen LogP contribution in [0.25, 0.3) is 0 Å². The second-order valence-electron chi connectivity index (χ2n) is 4.84. The minimum absolute atomic E-state index is 0.567. The molecule has 0 bridgehead atoms. The van der Waals surface area contributed by atoms with Crippen LogP contribution in [0.5, 0.6) is 0 Å². The fourth-order valence-corrected chi connectivity index (χ4v) is 2.25. The van der Waals surface area contributed by atoms with Gasteiger partial charge >= 0.3 is 0 Å². The molecule has 1 saturated carbocycles. The van der Waals surface area contributed by atoms with Crippen LogP contribution >= 0.6 is 0 Å². The fraction of sp³-hybridized carbons (Fsp3) is 0.615. The lowest BCUT2D eigenvalue weighted by Gasteiger charge is -2.32. The molecule has 88 valence electrons. The van der Waals surface area contributed by atoms with Gasteiger partial charge in [-0.3, -0.25) is 4.98 Å². The first-order chi connectivity index (χ1) is 7.70. The van der Waals surface area contributed by atoms with Gasteiger partial charge in [-0.15, -0.1) is 0 Å². The van der Waals surface area contributed by atoms with Gasteiger partial charge in [-0.05, 0) is 31.7 Å². The van der Waals surface area contributed by atoms with E-state index in [0.29, 0.717) is 6.54 Å². The molecular formula is C13H21N3. The zero-order valence-corrected chi connectivity index (χ0v) is 10.2. The average molecular weight is 219 g/mol. The minimum Gasteiger partial charge on any atom is -0.374 e. The van der Waals surface area contributed by atoms with E-state index in [0.717, 1.165) is 23.7 Å². The second kappa shape index (κ2) is 4.83. The highest BCUT2D eigenvalue weighted by Crippen LogP contribution is 2.29. The third-order valence-corrected chi connectivity index (χ3v) is 3.49. The van der Waals surface area contributed by atoms with Crippen molar-refractivity contribution in [3.8, 4) is 0 Å². The van der Waals surface area contributed by atoms with Gasteiger partial charge in [-0.2, -0.15) is 0 Å². The molecular weight excluding hydrogens is 198 g/mol. The summed E-state index contributed by atoms with van der Waals surface area (Å²) in [7, 11) is 2.16. The summed E-state index contributed by atoms with van der Waals surface area (Å²) < 4.78 is 0. The standard InChI is InChI=1S/C13H21N3/c1-10-6-13(12(7-14)8-15-10)16(2)9-11-4-3-5-11/h6,8,11H,3-5,7,9,14H2,1-2H3. The quantitative estimate of drug-likeness (QED) is 0.843. The Hall–Kier alpha value is -1.09. The van der Waals surface area contributed by atoms with E-state index in [9.17, 15) is 0 Å². The van der Waals surface area contributed by atoms with E-state index in [4.69, 9.17) is 5.73 Å². The van der Waals surface area contributed by atoms with Crippen molar-refractivity contribution in [2.45, 2.75) is 32.7 Å². The highest BCUT2D eigenvalue weighted by atomic mass is 15.1. The van der Waals surface area contributed by atoms with Crippen molar-refractivity contribution in [3.63, 3.8) is 0 Å². The van der Waals surface area contributed by atoms with Crippen molar-refractivity contribution in [3.05, 3.63) is 23.5 Å². The maximum atomic E-state index is 5.75. The van der Waals surface area contributed by atoms with Crippen LogP contribution < -0.4 is 10.6 Å². The summed E-state index contributed by atoms with van der Waals surface area (Å²) in [5, 5.41) is 0. The van der Waals surface area contributed by atoms with Crippen LogP contribution in [0.2, 0.25) is 0 Å². The molecule has 0 unspecified atom stereocenters. The molecule has 0 atom stereocenters. The summed E-state index contributed by atoms with van der Waals surface area (Å²) in [5.74, 6) is 0.879. The molecule has 1 aromatic rings. The SMILES string of the molecule is Cc1cc(N(C)CC2CCC2)c(CN)cn1. The minimum atomic E-state index is 0.567. The lowest BCUT2D eigenvalue weighted by atomic mass is 9.85. The maximum absolute atomic E-state index is 5.75. The number of aromatic nitrogens is 1. The van der Waals surface area contributed by atoms with Gasteiger partial charge < -0.3 is 10.6 Å². The number of nitrogens with zero attached hydrogens (tertiary/aromatic N) is 2. The molecule has 2 N–H and O–H groups in total. The summed E-state index contributed by atoms with van der Waals surface area (Å²) in [4.78, 5) is 6.63. The topological polar surface area (TPSA) is 42.1 Å². The normalized spacial score (nSPS) is 15.9. The van der Waals surface area contributed by atoms with Crippen LogP contribution in [0.4, 0.5) is 5.69 Å². The highest BCUT2D eigenvalue weighted by molar-refractivity contribution is 5.53. The number of pyridine rings is 1. The molecule has 0 saturated heterocycles. The molecule has 3 nitrogen and oxygen atoms in total. The van der Waals surface area contributed by atoms with E-state index in [1.807, 2.05) is 13.1 Å². The molecule has 0 spiro atoms. The first-order valence-electron chi connectivity index (χ1n) is 6.07. The van der Waals surface area contributed by atoms with Crippen molar-refractivity contribution in [1.29, 1.82) is 0 Å². The number of rotatable bonds is 4. The van der Waals surface area contributed by atoms with E-state index in [2.05, 4.69) is 23.0 Å². The number of hydrogen-bond acceptors (Lipinski definition) is 3. The summed E-state index contributed by atoms with van der Waals surface area (Å²) in [6.07, 6.45) is 6.07. The largest absolute Gasteiger partial charge is 0.374 e. The molecule has 1 aliphatic carbocycles. The highest BCUT2D eigenvalue weighted by Gasteiger charge is 2.20. The first-order valence-corrected chi connectivity index (χ1v) is 6.07. The molecule has 1 fully saturated rings. The van der Waals surface area contributed by atoms with Gasteiger partial charge in [0.1, 0.15) is 0 Å². The van der Waals surface area contributed by atoms with Gasteiger partial charge in [0.2, 0.25) is 0 Å². The van der Waals surface area contributed by atoms with Crippen LogP contribution in [0, 0.1) is 12.8 Å². The Morgan fingerprint density at radius 2 is 2.25 bits per heavy atom. The van der Waals surface area contributed by atoms with Gasteiger partial charge in [-0.25, -0.2) is 0 Å². The van der Waals surface area contributed by atoms with Gasteiger partial charge in [-0.1, -0.05) is 6.42 Å². The second-order valence-corrected chi connectivity index (χ2v) is 4.84. The Bertz CT molecular complexity index is 358. The first kappa shape index (κ1) is 11.4. The smallest absolute Gasteiger partial charge is 0.0442 e. The Morgan fingerprint density at radius 1 is 1.50 bits per heavy atom. The molecule has 0 radical (unpaired) electrons. The van der Waals surface area contributed by atoms with E-state index in [-0.39, 0.29) is 0 Å². The summed E-state index contributed by atoms with van der Waals surface area (Å²) in [5.41, 5.74) is 9.21. The van der Waals surface area contributed by atoms with Crippen LogP contribution in [-0.2, 0) is 6.54 Å². The number of anilines is 1. The Morgan fingerprint density at radius 3 is 2.81 bits per heavy atom. The van der Waals surface area contributed by atoms with Crippen molar-refractivity contribution in [2.75, 3.05) is 18.5 Å². The Kier molecular flexibility index (Phi) is 3.44. The predicted molar refractivity (Wildman–Crippen MR) is 67.5 cm³/mol. The van der Waals surface area contributed by atoms with Crippen LogP contribution in [-0.4, -0.2) is 18.6 Å². The van der Waals surface area contributed by atoms with Crippen LogP contribution in [0.15, 0.2) is 12.3 Å². The molecule has 1 heterocycles. The van der Waals surface area contributed by atoms with Gasteiger partial charge in [0.15, 0.2) is 0 Å². The molecule has 2 rings (SSSR count). The molecule has 0 amide bonds. The van der Waals surface area contributed by atoms with Crippen LogP contribution in [0.1, 0.15) is 30.5 Å². The van der Waals surface area contributed by atoms with Crippen molar-refractivity contribution in [2.24, 2.45) is 11.7 Å². The van der Waals surface area contributed by atoms with Gasteiger partial charge in [0, 0.05) is 43.3 Å². The van der Waals surface area contributed by atoms with E-state index < -0.39 is 0 Å². The molecule has 1 aliphatic rings. The molecule has 3 heteroatoms. The fourth-order valence-electron chi connectivity index (χ4n) is 2.25. The summed E-state index contributed by atoms with van der Waals surface area (Å²) >= 11 is 0. The van der Waals surface area contributed by atoms with Crippen molar-refractivity contribution in [1.82, 2.24) is 4.98 Å². The van der Waals surface area contributed by atoms with Crippen LogP contribution in [0.3, 0.4) is 0 Å². The maximum Gasteiger partial charge on any atom is 0.0442 e. The number of aryl methyl sites for hydroxylation is 1. The number of nitrogens with two attached hydrogens (primary N) is 1. The third kappa shape index (κ3) is 2.35. The summed E-state index contributed by atoms with van der Waals surface area (Å²) in [6.45, 7) is 3.75. The lowest BCUT2D eigenvalue weighted by Crippen LogP contribution is -2.30. The number of hydrogen-bond donors (Lipinski definition) is 1. The monoisotopic (exact) mass is 219 g/mol. The van der Waals surface area contributed by atoms with Crippen molar-refractivity contribution >= 4 is 5.69 Å². The molecule has 1 aromatic heterocycles. The van der Waals surface area contributed by atoms with E-state index >= 15 is 0 Å². The molecule has 0 aliphatic heterocycles.